The first-order valence-corrected chi connectivity index (χ1v) is 6.59. The molecule has 1 aliphatic rings. The quantitative estimate of drug-likeness (QED) is 0.855. The van der Waals surface area contributed by atoms with Gasteiger partial charge in [0.05, 0.1) is 6.10 Å². The molecule has 1 fully saturated rings. The summed E-state index contributed by atoms with van der Waals surface area (Å²) < 4.78 is 0. The molecule has 3 nitrogen and oxygen atoms in total. The molecule has 0 bridgehead atoms. The zero-order valence-electron chi connectivity index (χ0n) is 11.0. The number of aliphatic hydroxyl groups is 1. The van der Waals surface area contributed by atoms with Crippen molar-refractivity contribution in [1.29, 1.82) is 0 Å². The summed E-state index contributed by atoms with van der Waals surface area (Å²) in [4.78, 5) is 9.03. The van der Waals surface area contributed by atoms with Crippen LogP contribution in [0.4, 0.5) is 0 Å². The molecule has 1 aliphatic carbocycles. The molecule has 2 rings (SSSR count). The molecule has 0 aromatic carbocycles. The number of hydrogen-bond donors (Lipinski definition) is 1. The van der Waals surface area contributed by atoms with Crippen molar-refractivity contribution in [3.05, 3.63) is 23.3 Å². The average molecular weight is 234 g/mol. The lowest BCUT2D eigenvalue weighted by molar-refractivity contribution is 0.197. The Kier molecular flexibility index (Phi) is 3.77. The van der Waals surface area contributed by atoms with Gasteiger partial charge in [-0.3, -0.25) is 0 Å². The summed E-state index contributed by atoms with van der Waals surface area (Å²) in [5.41, 5.74) is 1.76. The molecule has 1 N–H and O–H groups in total. The lowest BCUT2D eigenvalue weighted by Crippen LogP contribution is -2.15. The highest BCUT2D eigenvalue weighted by atomic mass is 16.3. The Balaban J connectivity index is 2.19. The molecule has 94 valence electrons. The van der Waals surface area contributed by atoms with E-state index >= 15 is 0 Å². The Bertz CT molecular complexity index is 390. The molecule has 1 aromatic rings. The molecule has 3 unspecified atom stereocenters. The van der Waals surface area contributed by atoms with Gasteiger partial charge < -0.3 is 5.11 Å². The molecule has 1 heterocycles. The van der Waals surface area contributed by atoms with E-state index in [0.29, 0.717) is 5.92 Å². The van der Waals surface area contributed by atoms with Crippen LogP contribution in [0.3, 0.4) is 0 Å². The first-order chi connectivity index (χ1) is 8.08. The standard InChI is InChI=1S/C14H22N2O/c1-9-5-4-6-12(7-9)14-15-8-13(11(3)17)10(2)16-14/h8-9,11-12,17H,4-7H2,1-3H3. The van der Waals surface area contributed by atoms with E-state index in [1.807, 2.05) is 6.92 Å². The molecule has 0 spiro atoms. The van der Waals surface area contributed by atoms with Crippen LogP contribution in [-0.4, -0.2) is 15.1 Å². The SMILES string of the molecule is Cc1nc(C2CCCC(C)C2)ncc1C(C)O. The van der Waals surface area contributed by atoms with Gasteiger partial charge in [0.15, 0.2) is 0 Å². The van der Waals surface area contributed by atoms with Crippen LogP contribution in [0, 0.1) is 12.8 Å². The van der Waals surface area contributed by atoms with Crippen molar-refractivity contribution in [3.63, 3.8) is 0 Å². The summed E-state index contributed by atoms with van der Waals surface area (Å²) in [6, 6.07) is 0. The summed E-state index contributed by atoms with van der Waals surface area (Å²) in [5.74, 6) is 2.27. The van der Waals surface area contributed by atoms with Crippen molar-refractivity contribution in [3.8, 4) is 0 Å². The van der Waals surface area contributed by atoms with Gasteiger partial charge in [-0.1, -0.05) is 19.8 Å². The van der Waals surface area contributed by atoms with Gasteiger partial charge in [-0.15, -0.1) is 0 Å². The molecule has 3 atom stereocenters. The average Bonchev–Trinajstić information content (AvgIpc) is 2.28. The van der Waals surface area contributed by atoms with E-state index in [9.17, 15) is 5.11 Å². The third-order valence-electron chi connectivity index (χ3n) is 3.79. The summed E-state index contributed by atoms with van der Waals surface area (Å²) >= 11 is 0. The van der Waals surface area contributed by atoms with Gasteiger partial charge >= 0.3 is 0 Å². The van der Waals surface area contributed by atoms with Crippen molar-refractivity contribution in [2.45, 2.75) is 58.5 Å². The van der Waals surface area contributed by atoms with E-state index < -0.39 is 6.10 Å². The van der Waals surface area contributed by atoms with Crippen LogP contribution in [0.15, 0.2) is 6.20 Å². The van der Waals surface area contributed by atoms with E-state index in [0.717, 1.165) is 23.0 Å². The molecular weight excluding hydrogens is 212 g/mol. The van der Waals surface area contributed by atoms with Gasteiger partial charge in [0, 0.05) is 23.4 Å². The maximum absolute atomic E-state index is 9.57. The molecule has 3 heteroatoms. The second-order valence-electron chi connectivity index (χ2n) is 5.41. The molecule has 1 saturated carbocycles. The van der Waals surface area contributed by atoms with Gasteiger partial charge in [0.1, 0.15) is 5.82 Å². The smallest absolute Gasteiger partial charge is 0.131 e. The second-order valence-corrected chi connectivity index (χ2v) is 5.41. The summed E-state index contributed by atoms with van der Waals surface area (Å²) in [6.07, 6.45) is 6.34. The van der Waals surface area contributed by atoms with Crippen LogP contribution >= 0.6 is 0 Å². The fourth-order valence-corrected chi connectivity index (χ4v) is 2.77. The number of aliphatic hydroxyl groups excluding tert-OH is 1. The van der Waals surface area contributed by atoms with Gasteiger partial charge in [-0.25, -0.2) is 9.97 Å². The fourth-order valence-electron chi connectivity index (χ4n) is 2.77. The largest absolute Gasteiger partial charge is 0.389 e. The number of rotatable bonds is 2. The highest BCUT2D eigenvalue weighted by Gasteiger charge is 2.23. The zero-order chi connectivity index (χ0) is 12.4. The van der Waals surface area contributed by atoms with Crippen LogP contribution in [-0.2, 0) is 0 Å². The third kappa shape index (κ3) is 2.83. The molecule has 0 saturated heterocycles. The third-order valence-corrected chi connectivity index (χ3v) is 3.79. The first-order valence-electron chi connectivity index (χ1n) is 6.59. The van der Waals surface area contributed by atoms with Gasteiger partial charge in [-0.2, -0.15) is 0 Å². The summed E-state index contributed by atoms with van der Waals surface area (Å²) in [7, 11) is 0. The van der Waals surface area contributed by atoms with Crippen LogP contribution in [0.25, 0.3) is 0 Å². The van der Waals surface area contributed by atoms with Gasteiger partial charge in [0.25, 0.3) is 0 Å². The summed E-state index contributed by atoms with van der Waals surface area (Å²) in [6.45, 7) is 6.02. The Morgan fingerprint density at radius 1 is 1.41 bits per heavy atom. The monoisotopic (exact) mass is 234 g/mol. The predicted octanol–water partition coefficient (Wildman–Crippen LogP) is 3.13. The van der Waals surface area contributed by atoms with Crippen molar-refractivity contribution in [2.75, 3.05) is 0 Å². The van der Waals surface area contributed by atoms with Crippen molar-refractivity contribution < 1.29 is 5.11 Å². The van der Waals surface area contributed by atoms with Crippen molar-refractivity contribution in [2.24, 2.45) is 5.92 Å². The minimum Gasteiger partial charge on any atom is -0.389 e. The fraction of sp³-hybridized carbons (Fsp3) is 0.714. The van der Waals surface area contributed by atoms with E-state index in [1.54, 1.807) is 13.1 Å². The van der Waals surface area contributed by atoms with Crippen molar-refractivity contribution in [1.82, 2.24) is 9.97 Å². The van der Waals surface area contributed by atoms with Crippen LogP contribution < -0.4 is 0 Å². The topological polar surface area (TPSA) is 46.0 Å². The van der Waals surface area contributed by atoms with Gasteiger partial charge in [-0.05, 0) is 32.6 Å². The summed E-state index contributed by atoms with van der Waals surface area (Å²) in [5, 5.41) is 9.57. The van der Waals surface area contributed by atoms with E-state index in [4.69, 9.17) is 0 Å². The number of aryl methyl sites for hydroxylation is 1. The molecule has 1 aromatic heterocycles. The van der Waals surface area contributed by atoms with E-state index in [-0.39, 0.29) is 0 Å². The van der Waals surface area contributed by atoms with Gasteiger partial charge in [0.2, 0.25) is 0 Å². The van der Waals surface area contributed by atoms with Crippen LogP contribution in [0.2, 0.25) is 0 Å². The number of nitrogens with zero attached hydrogens (tertiary/aromatic N) is 2. The minimum absolute atomic E-state index is 0.477. The Morgan fingerprint density at radius 2 is 2.18 bits per heavy atom. The first kappa shape index (κ1) is 12.5. The van der Waals surface area contributed by atoms with Crippen LogP contribution in [0.1, 0.15) is 68.6 Å². The molecule has 17 heavy (non-hydrogen) atoms. The second kappa shape index (κ2) is 5.13. The molecule has 0 aliphatic heterocycles. The molecule has 0 amide bonds. The van der Waals surface area contributed by atoms with E-state index in [1.165, 1.54) is 25.7 Å². The van der Waals surface area contributed by atoms with E-state index in [2.05, 4.69) is 16.9 Å². The Labute approximate surface area is 103 Å². The normalized spacial score (nSPS) is 26.8. The highest BCUT2D eigenvalue weighted by molar-refractivity contribution is 5.19. The number of hydrogen-bond acceptors (Lipinski definition) is 3. The minimum atomic E-state index is -0.477. The Morgan fingerprint density at radius 3 is 2.76 bits per heavy atom. The highest BCUT2D eigenvalue weighted by Crippen LogP contribution is 2.34. The molecule has 0 radical (unpaired) electrons. The van der Waals surface area contributed by atoms with Crippen molar-refractivity contribution >= 4 is 0 Å². The lowest BCUT2D eigenvalue weighted by atomic mass is 9.82. The Hall–Kier alpha value is -0.960. The lowest BCUT2D eigenvalue weighted by Gasteiger charge is -2.26. The maximum atomic E-state index is 9.57. The maximum Gasteiger partial charge on any atom is 0.131 e. The molecular formula is C14H22N2O. The van der Waals surface area contributed by atoms with Crippen LogP contribution in [0.5, 0.6) is 0 Å². The number of aromatic nitrogens is 2. The predicted molar refractivity (Wildman–Crippen MR) is 67.8 cm³/mol. The zero-order valence-corrected chi connectivity index (χ0v) is 11.0.